The molecule has 2 aromatic rings. The molecule has 1 heterocycles. The van der Waals surface area contributed by atoms with Crippen LogP contribution in [0.25, 0.3) is 10.8 Å². The van der Waals surface area contributed by atoms with Gasteiger partial charge in [-0.2, -0.15) is 0 Å². The van der Waals surface area contributed by atoms with E-state index in [0.717, 1.165) is 10.8 Å². The van der Waals surface area contributed by atoms with Crippen LogP contribution in [0.3, 0.4) is 0 Å². The number of carbonyl (C=O) groups excluding carboxylic acids is 2. The summed E-state index contributed by atoms with van der Waals surface area (Å²) in [6.07, 6.45) is -0.0303. The van der Waals surface area contributed by atoms with Crippen molar-refractivity contribution < 1.29 is 9.59 Å². The maximum Gasteiger partial charge on any atom is 0.234 e. The Hall–Kier alpha value is -2.16. The highest BCUT2D eigenvalue weighted by molar-refractivity contribution is 6.24. The fourth-order valence-corrected chi connectivity index (χ4v) is 2.31. The summed E-state index contributed by atoms with van der Waals surface area (Å²) in [5.74, 6) is -0.224. The Bertz CT molecular complexity index is 646. The first-order chi connectivity index (χ1) is 8.18. The minimum Gasteiger partial charge on any atom is -0.314 e. The molecule has 0 N–H and O–H groups in total. The molecule has 0 saturated carbocycles. The number of amides is 1. The summed E-state index contributed by atoms with van der Waals surface area (Å²) in [5.41, 5.74) is 1.38. The Morgan fingerprint density at radius 3 is 2.65 bits per heavy atom. The quantitative estimate of drug-likeness (QED) is 0.645. The largest absolute Gasteiger partial charge is 0.314 e. The van der Waals surface area contributed by atoms with Crippen molar-refractivity contribution >= 4 is 28.2 Å². The molecule has 0 radical (unpaired) electrons. The average molecular weight is 225 g/mol. The first kappa shape index (κ1) is 10.0. The van der Waals surface area contributed by atoms with Crippen LogP contribution in [0, 0.1) is 0 Å². The van der Waals surface area contributed by atoms with Gasteiger partial charge >= 0.3 is 0 Å². The summed E-state index contributed by atoms with van der Waals surface area (Å²) in [6.45, 7) is 0. The van der Waals surface area contributed by atoms with Crippen molar-refractivity contribution in [3.05, 3.63) is 42.0 Å². The second-order valence-electron chi connectivity index (χ2n) is 4.23. The van der Waals surface area contributed by atoms with Crippen LogP contribution >= 0.6 is 0 Å². The van der Waals surface area contributed by atoms with Gasteiger partial charge in [-0.3, -0.25) is 9.59 Å². The molecule has 0 spiro atoms. The molecule has 17 heavy (non-hydrogen) atoms. The molecule has 0 saturated heterocycles. The number of fused-ring (bicyclic) bond motifs is 3. The number of carbonyl (C=O) groups is 2. The van der Waals surface area contributed by atoms with E-state index in [4.69, 9.17) is 0 Å². The smallest absolute Gasteiger partial charge is 0.234 e. The molecule has 0 aliphatic carbocycles. The normalized spacial score (nSPS) is 15.2. The molecule has 1 amide bonds. The third-order valence-corrected chi connectivity index (χ3v) is 3.23. The molecule has 1 aliphatic rings. The standard InChI is InChI=1S/C14H11NO2/c1-15-11-7-6-9-4-2-3-5-10(9)14(11)12(16)8-13(15)17/h2-7H,8H2,1H3. The van der Waals surface area contributed by atoms with E-state index in [9.17, 15) is 9.59 Å². The van der Waals surface area contributed by atoms with E-state index in [1.807, 2.05) is 36.4 Å². The number of ketones is 1. The van der Waals surface area contributed by atoms with Crippen LogP contribution in [0.15, 0.2) is 36.4 Å². The van der Waals surface area contributed by atoms with Gasteiger partial charge in [0.05, 0.1) is 12.1 Å². The van der Waals surface area contributed by atoms with E-state index in [-0.39, 0.29) is 18.1 Å². The number of rotatable bonds is 0. The van der Waals surface area contributed by atoms with Gasteiger partial charge in [0.2, 0.25) is 5.91 Å². The average Bonchev–Trinajstić information content (AvgIpc) is 2.35. The monoisotopic (exact) mass is 225 g/mol. The van der Waals surface area contributed by atoms with Crippen molar-refractivity contribution in [2.45, 2.75) is 6.42 Å². The third-order valence-electron chi connectivity index (χ3n) is 3.23. The fraction of sp³-hybridized carbons (Fsp3) is 0.143. The van der Waals surface area contributed by atoms with Gasteiger partial charge in [-0.15, -0.1) is 0 Å². The number of benzene rings is 2. The summed E-state index contributed by atoms with van der Waals surface area (Å²) in [4.78, 5) is 25.2. The SMILES string of the molecule is CN1C(=O)CC(=O)c2c1ccc1ccccc21. The maximum atomic E-state index is 12.0. The second-order valence-corrected chi connectivity index (χ2v) is 4.23. The molecule has 3 rings (SSSR count). The molecule has 2 aromatic carbocycles. The molecule has 3 heteroatoms. The summed E-state index contributed by atoms with van der Waals surface area (Å²) >= 11 is 0. The molecule has 1 aliphatic heterocycles. The summed E-state index contributed by atoms with van der Waals surface area (Å²) in [5, 5.41) is 1.96. The van der Waals surface area contributed by atoms with Crippen LogP contribution in [-0.4, -0.2) is 18.7 Å². The van der Waals surface area contributed by atoms with E-state index in [1.165, 1.54) is 0 Å². The first-order valence-corrected chi connectivity index (χ1v) is 5.50. The minimum atomic E-state index is -0.141. The lowest BCUT2D eigenvalue weighted by Crippen LogP contribution is -2.34. The molecule has 84 valence electrons. The number of Topliss-reactive ketones (excluding diaryl/α,β-unsaturated/α-hetero) is 1. The Balaban J connectivity index is 2.40. The lowest BCUT2D eigenvalue weighted by atomic mass is 9.94. The van der Waals surface area contributed by atoms with Crippen LogP contribution in [0.1, 0.15) is 16.8 Å². The summed E-state index contributed by atoms with van der Waals surface area (Å²) in [7, 11) is 1.71. The Kier molecular flexibility index (Phi) is 2.01. The van der Waals surface area contributed by atoms with Gasteiger partial charge in [0.1, 0.15) is 0 Å². The van der Waals surface area contributed by atoms with Gasteiger partial charge in [0.25, 0.3) is 0 Å². The van der Waals surface area contributed by atoms with E-state index in [0.29, 0.717) is 11.3 Å². The van der Waals surface area contributed by atoms with Crippen LogP contribution in [0.4, 0.5) is 5.69 Å². The minimum absolute atomic E-state index is 0.0303. The predicted octanol–water partition coefficient (Wildman–Crippen LogP) is 2.39. The second kappa shape index (κ2) is 3.42. The highest BCUT2D eigenvalue weighted by Crippen LogP contribution is 2.32. The Labute approximate surface area is 98.6 Å². The zero-order chi connectivity index (χ0) is 12.0. The first-order valence-electron chi connectivity index (χ1n) is 5.50. The van der Waals surface area contributed by atoms with Crippen molar-refractivity contribution in [1.29, 1.82) is 0 Å². The molecule has 0 aromatic heterocycles. The highest BCUT2D eigenvalue weighted by Gasteiger charge is 2.28. The highest BCUT2D eigenvalue weighted by atomic mass is 16.2. The third kappa shape index (κ3) is 1.35. The fourth-order valence-electron chi connectivity index (χ4n) is 2.31. The van der Waals surface area contributed by atoms with Gasteiger partial charge in [-0.05, 0) is 16.8 Å². The van der Waals surface area contributed by atoms with Gasteiger partial charge in [-0.1, -0.05) is 30.3 Å². The van der Waals surface area contributed by atoms with Crippen molar-refractivity contribution in [1.82, 2.24) is 0 Å². The van der Waals surface area contributed by atoms with E-state index < -0.39 is 0 Å². The summed E-state index contributed by atoms with van der Waals surface area (Å²) in [6, 6.07) is 11.5. The molecular weight excluding hydrogens is 214 g/mol. The number of hydrogen-bond donors (Lipinski definition) is 0. The van der Waals surface area contributed by atoms with Crippen molar-refractivity contribution in [2.24, 2.45) is 0 Å². The van der Waals surface area contributed by atoms with Crippen LogP contribution in [-0.2, 0) is 4.79 Å². The topological polar surface area (TPSA) is 37.4 Å². The van der Waals surface area contributed by atoms with Gasteiger partial charge < -0.3 is 4.90 Å². The van der Waals surface area contributed by atoms with Gasteiger partial charge in [-0.25, -0.2) is 0 Å². The predicted molar refractivity (Wildman–Crippen MR) is 66.3 cm³/mol. The number of anilines is 1. The van der Waals surface area contributed by atoms with Crippen molar-refractivity contribution in [3.8, 4) is 0 Å². The van der Waals surface area contributed by atoms with Crippen LogP contribution in [0.2, 0.25) is 0 Å². The lowest BCUT2D eigenvalue weighted by molar-refractivity contribution is -0.117. The van der Waals surface area contributed by atoms with Crippen molar-refractivity contribution in [2.75, 3.05) is 11.9 Å². The van der Waals surface area contributed by atoms with E-state index >= 15 is 0 Å². The van der Waals surface area contributed by atoms with Gasteiger partial charge in [0, 0.05) is 12.6 Å². The van der Waals surface area contributed by atoms with Gasteiger partial charge in [0.15, 0.2) is 5.78 Å². The Morgan fingerprint density at radius 2 is 1.82 bits per heavy atom. The van der Waals surface area contributed by atoms with Crippen molar-refractivity contribution in [3.63, 3.8) is 0 Å². The molecule has 0 atom stereocenters. The van der Waals surface area contributed by atoms with Crippen LogP contribution in [0.5, 0.6) is 0 Å². The lowest BCUT2D eigenvalue weighted by Gasteiger charge is -2.25. The number of hydrogen-bond acceptors (Lipinski definition) is 2. The molecule has 0 bridgehead atoms. The van der Waals surface area contributed by atoms with Crippen LogP contribution < -0.4 is 4.90 Å². The van der Waals surface area contributed by atoms with E-state index in [2.05, 4.69) is 0 Å². The maximum absolute atomic E-state index is 12.0. The molecule has 3 nitrogen and oxygen atoms in total. The number of nitrogens with zero attached hydrogens (tertiary/aromatic N) is 1. The Morgan fingerprint density at radius 1 is 1.06 bits per heavy atom. The zero-order valence-corrected chi connectivity index (χ0v) is 9.43. The zero-order valence-electron chi connectivity index (χ0n) is 9.43. The molecule has 0 fully saturated rings. The summed E-state index contributed by atoms with van der Waals surface area (Å²) < 4.78 is 0. The molecular formula is C14H11NO2. The van der Waals surface area contributed by atoms with E-state index in [1.54, 1.807) is 11.9 Å². The molecule has 0 unspecified atom stereocenters.